The molecule has 13 heteroatoms. The van der Waals surface area contributed by atoms with Crippen molar-refractivity contribution in [3.05, 3.63) is 101 Å². The van der Waals surface area contributed by atoms with Gasteiger partial charge in [0.1, 0.15) is 35.9 Å². The topological polar surface area (TPSA) is 114 Å². The van der Waals surface area contributed by atoms with Crippen LogP contribution in [0.25, 0.3) is 33.4 Å². The van der Waals surface area contributed by atoms with E-state index in [-0.39, 0.29) is 5.91 Å². The first-order chi connectivity index (χ1) is 31.7. The number of methoxy groups -OCH3 is 4. The number of azo groups is 1. The van der Waals surface area contributed by atoms with E-state index in [2.05, 4.69) is 94.8 Å². The number of fused-ring (bicyclic) bond motifs is 2. The predicted octanol–water partition coefficient (Wildman–Crippen LogP) is 9.85. The van der Waals surface area contributed by atoms with Crippen molar-refractivity contribution in [1.29, 1.82) is 0 Å². The summed E-state index contributed by atoms with van der Waals surface area (Å²) in [6.07, 6.45) is 0.780. The zero-order valence-electron chi connectivity index (χ0n) is 39.4. The highest BCUT2D eigenvalue weighted by molar-refractivity contribution is 6.09. The fourth-order valence-corrected chi connectivity index (χ4v) is 8.80. The zero-order valence-corrected chi connectivity index (χ0v) is 39.4. The number of rotatable bonds is 18. The van der Waals surface area contributed by atoms with Crippen LogP contribution in [-0.4, -0.2) is 110 Å². The molecule has 1 saturated heterocycles. The minimum Gasteiger partial charge on any atom is -0.496 e. The molecule has 0 atom stereocenters. The molecular formula is C52H63N6O7+. The lowest BCUT2D eigenvalue weighted by atomic mass is 9.90. The second kappa shape index (κ2) is 21.4. The van der Waals surface area contributed by atoms with Gasteiger partial charge in [0.15, 0.2) is 17.2 Å². The largest absolute Gasteiger partial charge is 0.496 e. The van der Waals surface area contributed by atoms with E-state index in [9.17, 15) is 4.79 Å². The Balaban J connectivity index is 1.06. The molecule has 1 aliphatic carbocycles. The van der Waals surface area contributed by atoms with E-state index in [0.717, 1.165) is 102 Å². The maximum absolute atomic E-state index is 14.6. The smallest absolute Gasteiger partial charge is 0.254 e. The first-order valence-electron chi connectivity index (χ1n) is 22.7. The highest BCUT2D eigenvalue weighted by Crippen LogP contribution is 2.44. The molecule has 342 valence electrons. The van der Waals surface area contributed by atoms with E-state index < -0.39 is 0 Å². The predicted molar refractivity (Wildman–Crippen MR) is 259 cm³/mol. The number of anilines is 1. The number of nitrogens with zero attached hydrogens (tertiary/aromatic N) is 6. The van der Waals surface area contributed by atoms with E-state index in [1.54, 1.807) is 40.6 Å². The molecule has 3 aliphatic rings. The monoisotopic (exact) mass is 883 g/mol. The third-order valence-corrected chi connectivity index (χ3v) is 12.4. The number of piperazine rings is 1. The Hall–Kier alpha value is -6.60. The molecule has 0 radical (unpaired) electrons. The van der Waals surface area contributed by atoms with Crippen LogP contribution < -0.4 is 38.5 Å². The number of carbonyl (C=O) groups is 1. The average molecular weight is 884 g/mol. The molecule has 7 rings (SSSR count). The molecule has 0 aromatic heterocycles. The molecule has 0 spiro atoms. The van der Waals surface area contributed by atoms with Crippen molar-refractivity contribution in [1.82, 2.24) is 14.4 Å². The maximum atomic E-state index is 14.6. The van der Waals surface area contributed by atoms with Crippen LogP contribution >= 0.6 is 0 Å². The Labute approximate surface area is 382 Å². The Kier molecular flexibility index (Phi) is 15.3. The third kappa shape index (κ3) is 9.90. The lowest BCUT2D eigenvalue weighted by Gasteiger charge is -2.35. The molecule has 13 nitrogen and oxygen atoms in total. The summed E-state index contributed by atoms with van der Waals surface area (Å²) in [5, 5.41) is 11.1. The quantitative estimate of drug-likeness (QED) is 0.0360. The van der Waals surface area contributed by atoms with Crippen LogP contribution in [0, 0.1) is 6.92 Å². The summed E-state index contributed by atoms with van der Waals surface area (Å²) in [7, 11) is 6.32. The van der Waals surface area contributed by atoms with Crippen molar-refractivity contribution in [3.63, 3.8) is 0 Å². The van der Waals surface area contributed by atoms with E-state index in [0.29, 0.717) is 65.4 Å². The average Bonchev–Trinajstić information content (AvgIpc) is 3.34. The summed E-state index contributed by atoms with van der Waals surface area (Å²) < 4.78 is 37.5. The Morgan fingerprint density at radius 3 is 2.11 bits per heavy atom. The van der Waals surface area contributed by atoms with E-state index in [1.807, 2.05) is 42.2 Å². The van der Waals surface area contributed by atoms with E-state index >= 15 is 0 Å². The van der Waals surface area contributed by atoms with Gasteiger partial charge in [0.2, 0.25) is 11.1 Å². The number of amides is 1. The van der Waals surface area contributed by atoms with Crippen molar-refractivity contribution in [2.45, 2.75) is 41.0 Å². The molecule has 65 heavy (non-hydrogen) atoms. The lowest BCUT2D eigenvalue weighted by Crippen LogP contribution is -2.49. The summed E-state index contributed by atoms with van der Waals surface area (Å²) in [6, 6.07) is 28.1. The van der Waals surface area contributed by atoms with Crippen LogP contribution in [0.3, 0.4) is 0 Å². The van der Waals surface area contributed by atoms with Crippen LogP contribution in [0.2, 0.25) is 0 Å². The molecule has 2 aliphatic heterocycles. The van der Waals surface area contributed by atoms with E-state index in [1.165, 1.54) is 0 Å². The van der Waals surface area contributed by atoms with Gasteiger partial charge in [0, 0.05) is 103 Å². The number of ether oxygens (including phenoxy) is 5. The van der Waals surface area contributed by atoms with Gasteiger partial charge >= 0.3 is 0 Å². The van der Waals surface area contributed by atoms with Gasteiger partial charge in [-0.2, -0.15) is 5.11 Å². The maximum Gasteiger partial charge on any atom is 0.254 e. The molecule has 4 aromatic rings. The Morgan fingerprint density at radius 1 is 0.738 bits per heavy atom. The first-order valence-corrected chi connectivity index (χ1v) is 22.7. The Morgan fingerprint density at radius 2 is 1.45 bits per heavy atom. The second-order valence-corrected chi connectivity index (χ2v) is 15.9. The molecular weight excluding hydrogens is 821 g/mol. The van der Waals surface area contributed by atoms with Crippen molar-refractivity contribution in [2.75, 3.05) is 98.8 Å². The van der Waals surface area contributed by atoms with Crippen LogP contribution in [0.5, 0.6) is 28.7 Å². The van der Waals surface area contributed by atoms with Gasteiger partial charge in [-0.05, 0) is 83.0 Å². The van der Waals surface area contributed by atoms with Crippen LogP contribution in [0.1, 0.15) is 50.0 Å². The van der Waals surface area contributed by atoms with Gasteiger partial charge < -0.3 is 37.9 Å². The standard InChI is InChI=1S/C52H63N6O7/c1-10-56(11-2)37-19-21-41-45(33-37)65-46-34-38(57(12-3)13-4)20-22-42(46)49(41)39-17-14-15-18-40(39)52(59)58-28-26-55(27-29-58)25-16-30-64-50-35(5)44(60-6)24-23-43(50)54-53-36-31-47(61-7)51(63-9)48(32-36)62-8/h14-15,17-24,31-34H,10-13,16,25-30H2,1-9H3/q+1/b54-53+. The van der Waals surface area contributed by atoms with Crippen LogP contribution in [0.15, 0.2) is 99.6 Å². The molecule has 1 amide bonds. The summed E-state index contributed by atoms with van der Waals surface area (Å²) in [4.78, 5) is 21.3. The van der Waals surface area contributed by atoms with Crippen LogP contribution in [-0.2, 0) is 0 Å². The molecule has 0 saturated carbocycles. The Bertz CT molecular complexity index is 2650. The molecule has 4 aromatic carbocycles. The lowest BCUT2D eigenvalue weighted by molar-refractivity contribution is 0.0631. The molecule has 2 heterocycles. The van der Waals surface area contributed by atoms with Gasteiger partial charge in [-0.1, -0.05) is 18.2 Å². The van der Waals surface area contributed by atoms with Crippen molar-refractivity contribution < 1.29 is 32.9 Å². The minimum atomic E-state index is 0.0342. The fraction of sp³-hybridized carbons (Fsp3) is 0.385. The number of hydrogen-bond donors (Lipinski definition) is 0. The van der Waals surface area contributed by atoms with Gasteiger partial charge in [0.05, 0.1) is 46.8 Å². The molecule has 1 fully saturated rings. The SMILES string of the molecule is CCN(CC)c1ccc2c(-c3ccccc3C(=O)N3CCN(CCCOc4c(/N=N/c5cc(OC)c(OC)c(OC)c5)ccc(OC)c4C)CC3)c3ccc(=[N+](CC)CC)cc-3oc2c1. The van der Waals surface area contributed by atoms with Gasteiger partial charge in [0.25, 0.3) is 5.91 Å². The highest BCUT2D eigenvalue weighted by atomic mass is 16.5. The summed E-state index contributed by atoms with van der Waals surface area (Å²) >= 11 is 0. The number of hydrogen-bond acceptors (Lipinski definition) is 11. The molecule has 0 N–H and O–H groups in total. The van der Waals surface area contributed by atoms with Crippen LogP contribution in [0.4, 0.5) is 17.1 Å². The summed E-state index contributed by atoms with van der Waals surface area (Å²) in [5.41, 5.74) is 7.44. The summed E-state index contributed by atoms with van der Waals surface area (Å²) in [6.45, 7) is 18.3. The molecule has 0 bridgehead atoms. The van der Waals surface area contributed by atoms with Crippen molar-refractivity contribution in [3.8, 4) is 51.2 Å². The highest BCUT2D eigenvalue weighted by Gasteiger charge is 2.27. The van der Waals surface area contributed by atoms with Gasteiger partial charge in [-0.3, -0.25) is 9.69 Å². The normalized spacial score (nSPS) is 13.1. The fourth-order valence-electron chi connectivity index (χ4n) is 8.80. The number of carbonyl (C=O) groups excluding carboxylic acids is 1. The summed E-state index contributed by atoms with van der Waals surface area (Å²) in [5.74, 6) is 3.59. The van der Waals surface area contributed by atoms with E-state index in [4.69, 9.17) is 28.1 Å². The van der Waals surface area contributed by atoms with Gasteiger partial charge in [-0.25, -0.2) is 4.58 Å². The number of benzene rings is 5. The van der Waals surface area contributed by atoms with Crippen molar-refractivity contribution >= 4 is 33.9 Å². The minimum absolute atomic E-state index is 0.0342. The zero-order chi connectivity index (χ0) is 46.0. The molecule has 0 unspecified atom stereocenters. The first kappa shape index (κ1) is 46.4. The van der Waals surface area contributed by atoms with Crippen molar-refractivity contribution in [2.24, 2.45) is 10.2 Å². The third-order valence-electron chi connectivity index (χ3n) is 12.4. The van der Waals surface area contributed by atoms with Gasteiger partial charge in [-0.15, -0.1) is 5.11 Å². The second-order valence-electron chi connectivity index (χ2n) is 15.9.